The fraction of sp³-hybridized carbons (Fsp3) is 0.375. The molecule has 4 rings (SSSR count). The van der Waals surface area contributed by atoms with Gasteiger partial charge in [-0.2, -0.15) is 0 Å². The first-order chi connectivity index (χ1) is 24.2. The first-order valence-electron chi connectivity index (χ1n) is 17.1. The molecule has 0 aliphatic heterocycles. The van der Waals surface area contributed by atoms with Gasteiger partial charge in [0.1, 0.15) is 18.1 Å². The lowest BCUT2D eigenvalue weighted by Crippen LogP contribution is -2.36. The number of methoxy groups -OCH3 is 2. The average Bonchev–Trinajstić information content (AvgIpc) is 3.12. The summed E-state index contributed by atoms with van der Waals surface area (Å²) in [5.41, 5.74) is 2.35. The van der Waals surface area contributed by atoms with E-state index in [0.29, 0.717) is 70.9 Å². The van der Waals surface area contributed by atoms with Crippen molar-refractivity contribution >= 4 is 17.6 Å². The predicted molar refractivity (Wildman–Crippen MR) is 192 cm³/mol. The molecule has 0 aliphatic rings. The molecule has 3 aromatic carbocycles. The van der Waals surface area contributed by atoms with Crippen LogP contribution in [0.4, 0.5) is 5.69 Å². The molecule has 0 spiro atoms. The van der Waals surface area contributed by atoms with Crippen LogP contribution in [-0.4, -0.2) is 53.5 Å². The predicted octanol–water partition coefficient (Wildman–Crippen LogP) is 7.62. The Bertz CT molecular complexity index is 1700. The van der Waals surface area contributed by atoms with Crippen molar-refractivity contribution in [1.82, 2.24) is 0 Å². The monoisotopic (exact) mass is 685 g/mol. The number of pyridine rings is 1. The van der Waals surface area contributed by atoms with Crippen LogP contribution >= 0.6 is 0 Å². The lowest BCUT2D eigenvalue weighted by atomic mass is 10.1. The third-order valence-corrected chi connectivity index (χ3v) is 8.11. The minimum Gasteiger partial charge on any atom is -0.493 e. The number of hydrogen-bond donors (Lipinski definition) is 0. The van der Waals surface area contributed by atoms with Crippen LogP contribution in [0.3, 0.4) is 0 Å². The molecule has 0 saturated carbocycles. The van der Waals surface area contributed by atoms with E-state index < -0.39 is 11.9 Å². The molecular weight excluding hydrogens is 636 g/mol. The topological polar surface area (TPSA) is 96.6 Å². The van der Waals surface area contributed by atoms with Gasteiger partial charge in [-0.25, -0.2) is 14.2 Å². The molecule has 266 valence electrons. The average molecular weight is 686 g/mol. The molecule has 0 unspecified atom stereocenters. The van der Waals surface area contributed by atoms with E-state index in [1.807, 2.05) is 48.1 Å². The molecule has 0 amide bonds. The van der Waals surface area contributed by atoms with Crippen LogP contribution in [0.5, 0.6) is 34.5 Å². The summed E-state index contributed by atoms with van der Waals surface area (Å²) in [4.78, 5) is 28.1. The van der Waals surface area contributed by atoms with Crippen LogP contribution in [0.2, 0.25) is 0 Å². The molecule has 1 aromatic heterocycles. The van der Waals surface area contributed by atoms with Crippen molar-refractivity contribution in [3.63, 3.8) is 0 Å². The highest BCUT2D eigenvalue weighted by Crippen LogP contribution is 2.31. The van der Waals surface area contributed by atoms with Gasteiger partial charge >= 0.3 is 11.9 Å². The number of nitrogens with zero attached hydrogens (tertiary/aromatic N) is 2. The van der Waals surface area contributed by atoms with Crippen LogP contribution in [0.25, 0.3) is 0 Å². The van der Waals surface area contributed by atoms with E-state index in [-0.39, 0.29) is 0 Å². The van der Waals surface area contributed by atoms with Gasteiger partial charge in [0.15, 0.2) is 41.9 Å². The van der Waals surface area contributed by atoms with Crippen molar-refractivity contribution in [2.75, 3.05) is 46.4 Å². The second kappa shape index (κ2) is 19.1. The second-order valence-electron chi connectivity index (χ2n) is 12.1. The van der Waals surface area contributed by atoms with Gasteiger partial charge in [-0.15, -0.1) is 0 Å². The van der Waals surface area contributed by atoms with Gasteiger partial charge in [-0.3, -0.25) is 0 Å². The molecule has 0 atom stereocenters. The number of aryl methyl sites for hydroxylation is 1. The highest BCUT2D eigenvalue weighted by atomic mass is 16.5. The molecule has 0 fully saturated rings. The Kier molecular flexibility index (Phi) is 14.3. The molecular formula is C40H49N2O8+. The Morgan fingerprint density at radius 1 is 0.640 bits per heavy atom. The summed E-state index contributed by atoms with van der Waals surface area (Å²) in [5, 5.41) is 0. The van der Waals surface area contributed by atoms with E-state index in [0.717, 1.165) is 18.5 Å². The van der Waals surface area contributed by atoms with Gasteiger partial charge in [-0.05, 0) is 73.5 Å². The zero-order valence-corrected chi connectivity index (χ0v) is 30.0. The first kappa shape index (κ1) is 37.6. The van der Waals surface area contributed by atoms with Crippen LogP contribution in [-0.2, 0) is 6.54 Å². The Morgan fingerprint density at radius 2 is 1.20 bits per heavy atom. The van der Waals surface area contributed by atoms with Crippen LogP contribution in [0.1, 0.15) is 71.7 Å². The molecule has 50 heavy (non-hydrogen) atoms. The van der Waals surface area contributed by atoms with Crippen molar-refractivity contribution in [2.45, 2.75) is 58.9 Å². The maximum absolute atomic E-state index is 13.1. The highest BCUT2D eigenvalue weighted by molar-refractivity contribution is 5.93. The molecule has 0 N–H and O–H groups in total. The summed E-state index contributed by atoms with van der Waals surface area (Å²) in [5.74, 6) is 1.51. The van der Waals surface area contributed by atoms with Gasteiger partial charge in [0.05, 0.1) is 32.0 Å². The third kappa shape index (κ3) is 10.9. The van der Waals surface area contributed by atoms with Crippen molar-refractivity contribution in [3.05, 3.63) is 95.8 Å². The smallest absolute Gasteiger partial charge is 0.343 e. The largest absolute Gasteiger partial charge is 0.493 e. The maximum atomic E-state index is 13.1. The summed E-state index contributed by atoms with van der Waals surface area (Å²) < 4.78 is 36.1. The number of carbonyl (C=O) groups is 2. The van der Waals surface area contributed by atoms with Crippen molar-refractivity contribution in [3.8, 4) is 34.5 Å². The van der Waals surface area contributed by atoms with Gasteiger partial charge < -0.3 is 33.3 Å². The summed E-state index contributed by atoms with van der Waals surface area (Å²) >= 11 is 0. The number of esters is 2. The molecule has 0 saturated heterocycles. The lowest BCUT2D eigenvalue weighted by Gasteiger charge is -2.13. The van der Waals surface area contributed by atoms with E-state index in [1.54, 1.807) is 61.5 Å². The van der Waals surface area contributed by atoms with Gasteiger partial charge in [0.2, 0.25) is 0 Å². The van der Waals surface area contributed by atoms with Gasteiger partial charge in [-0.1, -0.05) is 39.0 Å². The Morgan fingerprint density at radius 3 is 1.78 bits per heavy atom. The highest BCUT2D eigenvalue weighted by Gasteiger charge is 2.17. The quantitative estimate of drug-likeness (QED) is 0.0427. The second-order valence-corrected chi connectivity index (χ2v) is 12.1. The molecule has 0 bridgehead atoms. The lowest BCUT2D eigenvalue weighted by molar-refractivity contribution is -0.697. The van der Waals surface area contributed by atoms with E-state index in [2.05, 4.69) is 6.92 Å². The Balaban J connectivity index is 1.30. The Labute approximate surface area is 295 Å². The number of rotatable bonds is 19. The summed E-state index contributed by atoms with van der Waals surface area (Å²) in [6.07, 6.45) is 11.0. The fourth-order valence-electron chi connectivity index (χ4n) is 5.17. The number of anilines is 1. The standard InChI is InChI=1S/C40H49N2O8/c1-7-8-9-10-11-12-24-47-35-16-13-30(27-37(35)45-5)39(43)49-33-15-18-34(29(2)26-33)50-40(44)31-14-17-36(38(28-31)46-6)48-25-23-42-21-19-32(20-22-42)41(3)4/h13-22,26-28H,7-12,23-25H2,1-6H3/q+1. The van der Waals surface area contributed by atoms with Crippen LogP contribution in [0, 0.1) is 6.92 Å². The van der Waals surface area contributed by atoms with E-state index >= 15 is 0 Å². The number of carbonyl (C=O) groups excluding carboxylic acids is 2. The normalized spacial score (nSPS) is 10.7. The summed E-state index contributed by atoms with van der Waals surface area (Å²) in [6, 6.07) is 18.8. The van der Waals surface area contributed by atoms with Crippen molar-refractivity contribution < 1.29 is 42.6 Å². The molecule has 0 aliphatic carbocycles. The molecule has 10 nitrogen and oxygen atoms in total. The minimum absolute atomic E-state index is 0.297. The van der Waals surface area contributed by atoms with Crippen LogP contribution < -0.4 is 37.9 Å². The van der Waals surface area contributed by atoms with Gasteiger partial charge in [0.25, 0.3) is 0 Å². The SMILES string of the molecule is CCCCCCCCOc1ccc(C(=O)Oc2ccc(OC(=O)c3ccc(OCC[n+]4ccc(N(C)C)cc4)c(OC)c3)c(C)c2)cc1OC. The number of hydrogen-bond acceptors (Lipinski definition) is 9. The third-order valence-electron chi connectivity index (χ3n) is 8.11. The van der Waals surface area contributed by atoms with Crippen molar-refractivity contribution in [1.29, 1.82) is 0 Å². The molecule has 0 radical (unpaired) electrons. The molecule has 4 aromatic rings. The van der Waals surface area contributed by atoms with Crippen LogP contribution in [0.15, 0.2) is 79.1 Å². The zero-order valence-electron chi connectivity index (χ0n) is 30.0. The zero-order chi connectivity index (χ0) is 35.9. The van der Waals surface area contributed by atoms with Crippen molar-refractivity contribution in [2.24, 2.45) is 0 Å². The minimum atomic E-state index is -0.565. The number of aromatic nitrogens is 1. The summed E-state index contributed by atoms with van der Waals surface area (Å²) in [7, 11) is 7.05. The van der Waals surface area contributed by atoms with E-state index in [9.17, 15) is 9.59 Å². The van der Waals surface area contributed by atoms with E-state index in [4.69, 9.17) is 28.4 Å². The molecule has 10 heteroatoms. The first-order valence-corrected chi connectivity index (χ1v) is 17.1. The number of benzene rings is 3. The number of unbranched alkanes of at least 4 members (excludes halogenated alkanes) is 5. The van der Waals surface area contributed by atoms with Gasteiger partial charge in [0, 0.05) is 31.9 Å². The maximum Gasteiger partial charge on any atom is 0.343 e. The molecule has 1 heterocycles. The summed E-state index contributed by atoms with van der Waals surface area (Å²) in [6.45, 7) is 5.61. The number of ether oxygens (including phenoxy) is 6. The fourth-order valence-corrected chi connectivity index (χ4v) is 5.17. The van der Waals surface area contributed by atoms with E-state index in [1.165, 1.54) is 39.9 Å². The Hall–Kier alpha value is -5.25.